The topological polar surface area (TPSA) is 102 Å². The van der Waals surface area contributed by atoms with Crippen LogP contribution in [0.2, 0.25) is 0 Å². The Bertz CT molecular complexity index is 762. The lowest BCUT2D eigenvalue weighted by molar-refractivity contribution is -0.140. The summed E-state index contributed by atoms with van der Waals surface area (Å²) in [5, 5.41) is 0.752. The number of rotatable bonds is 6. The predicted molar refractivity (Wildman–Crippen MR) is 112 cm³/mol. The number of benzene rings is 1. The quantitative estimate of drug-likeness (QED) is 0.554. The highest BCUT2D eigenvalue weighted by Gasteiger charge is 2.37. The van der Waals surface area contributed by atoms with Crippen LogP contribution >= 0.6 is 0 Å². The molecule has 0 saturated carbocycles. The van der Waals surface area contributed by atoms with E-state index in [2.05, 4.69) is 5.43 Å². The van der Waals surface area contributed by atoms with E-state index >= 15 is 0 Å². The molecule has 0 aliphatic carbocycles. The monoisotopic (exact) mass is 420 g/mol. The minimum atomic E-state index is -1.29. The molecule has 30 heavy (non-hydrogen) atoms. The van der Waals surface area contributed by atoms with Crippen LogP contribution in [-0.2, 0) is 25.5 Å². The van der Waals surface area contributed by atoms with E-state index in [9.17, 15) is 19.2 Å². The number of carbonyl (C=O) groups excluding carboxylic acids is 4. The second-order valence-corrected chi connectivity index (χ2v) is 8.81. The Morgan fingerprint density at radius 1 is 0.933 bits per heavy atom. The van der Waals surface area contributed by atoms with Gasteiger partial charge in [0.1, 0.15) is 17.2 Å². The molecule has 2 amide bonds. The van der Waals surface area contributed by atoms with Gasteiger partial charge >= 0.3 is 12.2 Å². The number of hydrazine groups is 1. The van der Waals surface area contributed by atoms with Crippen molar-refractivity contribution in [3.63, 3.8) is 0 Å². The molecule has 1 rings (SSSR count). The lowest BCUT2D eigenvalue weighted by Gasteiger charge is -2.33. The number of ketones is 2. The van der Waals surface area contributed by atoms with Crippen LogP contribution in [0.15, 0.2) is 30.3 Å². The van der Waals surface area contributed by atoms with Crippen molar-refractivity contribution in [1.82, 2.24) is 10.4 Å². The second kappa shape index (κ2) is 10.2. The van der Waals surface area contributed by atoms with Gasteiger partial charge in [-0.05, 0) is 47.1 Å². The average molecular weight is 421 g/mol. The molecule has 1 aromatic carbocycles. The highest BCUT2D eigenvalue weighted by molar-refractivity contribution is 6.39. The van der Waals surface area contributed by atoms with E-state index in [1.165, 1.54) is 0 Å². The Labute approximate surface area is 177 Å². The van der Waals surface area contributed by atoms with Crippen LogP contribution in [0.1, 0.15) is 60.5 Å². The van der Waals surface area contributed by atoms with E-state index < -0.39 is 41.0 Å². The summed E-state index contributed by atoms with van der Waals surface area (Å²) in [4.78, 5) is 50.3. The molecule has 0 heterocycles. The summed E-state index contributed by atoms with van der Waals surface area (Å²) < 4.78 is 10.6. The highest BCUT2D eigenvalue weighted by Crippen LogP contribution is 2.16. The Balaban J connectivity index is 3.33. The van der Waals surface area contributed by atoms with Crippen LogP contribution in [-0.4, -0.2) is 46.0 Å². The molecule has 0 fully saturated rings. The predicted octanol–water partition coefficient (Wildman–Crippen LogP) is 3.82. The van der Waals surface area contributed by atoms with Crippen LogP contribution < -0.4 is 5.43 Å². The fraction of sp³-hybridized carbons (Fsp3) is 0.545. The number of Topliss-reactive ketones (excluding diaryl/α,β-unsaturated/α-hetero) is 2. The van der Waals surface area contributed by atoms with Crippen molar-refractivity contribution in [2.24, 2.45) is 0 Å². The number of carbonyl (C=O) groups is 4. The Kier molecular flexibility index (Phi) is 8.57. The van der Waals surface area contributed by atoms with Crippen molar-refractivity contribution in [2.75, 3.05) is 0 Å². The van der Waals surface area contributed by atoms with Crippen LogP contribution in [0.3, 0.4) is 0 Å². The molecule has 0 saturated heterocycles. The zero-order valence-corrected chi connectivity index (χ0v) is 18.8. The molecule has 0 aromatic heterocycles. The summed E-state index contributed by atoms with van der Waals surface area (Å²) in [6, 6.07) is 7.59. The summed E-state index contributed by atoms with van der Waals surface area (Å²) in [5.41, 5.74) is 1.29. The first-order valence-electron chi connectivity index (χ1n) is 9.86. The van der Waals surface area contributed by atoms with Gasteiger partial charge in [0, 0.05) is 12.8 Å². The molecule has 0 spiro atoms. The van der Waals surface area contributed by atoms with Gasteiger partial charge < -0.3 is 9.47 Å². The Morgan fingerprint density at radius 2 is 1.47 bits per heavy atom. The van der Waals surface area contributed by atoms with Crippen molar-refractivity contribution in [1.29, 1.82) is 0 Å². The molecular weight excluding hydrogens is 388 g/mol. The molecule has 1 atom stereocenters. The average Bonchev–Trinajstić information content (AvgIpc) is 2.61. The number of hydrogen-bond acceptors (Lipinski definition) is 6. The minimum Gasteiger partial charge on any atom is -0.443 e. The van der Waals surface area contributed by atoms with E-state index in [0.29, 0.717) is 5.56 Å². The molecule has 8 nitrogen and oxygen atoms in total. The van der Waals surface area contributed by atoms with Gasteiger partial charge in [-0.15, -0.1) is 0 Å². The van der Waals surface area contributed by atoms with Gasteiger partial charge in [-0.25, -0.2) is 20.0 Å². The van der Waals surface area contributed by atoms with Gasteiger partial charge in [0.2, 0.25) is 5.78 Å². The maximum Gasteiger partial charge on any atom is 0.430 e. The zero-order valence-electron chi connectivity index (χ0n) is 18.8. The molecule has 166 valence electrons. The van der Waals surface area contributed by atoms with Crippen LogP contribution in [0, 0.1) is 0 Å². The normalized spacial score (nSPS) is 12.5. The van der Waals surface area contributed by atoms with E-state index in [1.807, 2.05) is 6.07 Å². The Hall–Kier alpha value is -2.90. The smallest absolute Gasteiger partial charge is 0.430 e. The molecule has 0 aliphatic rings. The number of amides is 2. The van der Waals surface area contributed by atoms with Gasteiger partial charge in [-0.2, -0.15) is 0 Å². The molecular formula is C22H32N2O6. The number of ether oxygens (including phenoxy) is 2. The largest absolute Gasteiger partial charge is 0.443 e. The SMILES string of the molecule is CCC(=O)C(=O)[C@H](Cc1ccccc1)N(NC(=O)OC(C)(C)C)C(=O)OC(C)(C)C. The number of hydrogen-bond donors (Lipinski definition) is 1. The lowest BCUT2D eigenvalue weighted by Crippen LogP contribution is -2.58. The van der Waals surface area contributed by atoms with Gasteiger partial charge in [0.15, 0.2) is 5.78 Å². The van der Waals surface area contributed by atoms with Crippen molar-refractivity contribution in [3.8, 4) is 0 Å². The van der Waals surface area contributed by atoms with Gasteiger partial charge in [-0.3, -0.25) is 9.59 Å². The molecule has 0 radical (unpaired) electrons. The van der Waals surface area contributed by atoms with E-state index in [0.717, 1.165) is 5.01 Å². The summed E-state index contributed by atoms with van der Waals surface area (Å²) in [5.74, 6) is -1.46. The molecule has 0 unspecified atom stereocenters. The summed E-state index contributed by atoms with van der Waals surface area (Å²) in [6.45, 7) is 11.5. The molecule has 0 bridgehead atoms. The van der Waals surface area contributed by atoms with Crippen molar-refractivity contribution in [3.05, 3.63) is 35.9 Å². The van der Waals surface area contributed by atoms with Gasteiger partial charge in [0.25, 0.3) is 0 Å². The van der Waals surface area contributed by atoms with Crippen LogP contribution in [0.5, 0.6) is 0 Å². The minimum absolute atomic E-state index is 0.0143. The second-order valence-electron chi connectivity index (χ2n) is 8.81. The van der Waals surface area contributed by atoms with Crippen molar-refractivity contribution >= 4 is 23.8 Å². The first kappa shape index (κ1) is 25.1. The van der Waals surface area contributed by atoms with Crippen LogP contribution in [0.25, 0.3) is 0 Å². The first-order valence-corrected chi connectivity index (χ1v) is 9.86. The third kappa shape index (κ3) is 8.63. The summed E-state index contributed by atoms with van der Waals surface area (Å²) in [6.07, 6.45) is -1.92. The zero-order chi connectivity index (χ0) is 23.1. The van der Waals surface area contributed by atoms with E-state index in [4.69, 9.17) is 9.47 Å². The lowest BCUT2D eigenvalue weighted by atomic mass is 9.98. The van der Waals surface area contributed by atoms with Crippen molar-refractivity contribution < 1.29 is 28.7 Å². The van der Waals surface area contributed by atoms with Crippen LogP contribution in [0.4, 0.5) is 9.59 Å². The Morgan fingerprint density at radius 3 is 1.93 bits per heavy atom. The maximum atomic E-state index is 12.9. The van der Waals surface area contributed by atoms with E-state index in [-0.39, 0.29) is 12.8 Å². The standard InChI is InChI=1S/C22H32N2O6/c1-8-17(25)18(26)16(14-15-12-10-9-11-13-15)24(20(28)30-22(5,6)7)23-19(27)29-21(2,3)4/h9-13,16H,8,14H2,1-7H3,(H,23,27)/t16-/m0/s1. The van der Waals surface area contributed by atoms with E-state index in [1.54, 1.807) is 72.7 Å². The van der Waals surface area contributed by atoms with Crippen molar-refractivity contribution in [2.45, 2.75) is 78.6 Å². The fourth-order valence-corrected chi connectivity index (χ4v) is 2.46. The summed E-state index contributed by atoms with van der Waals surface area (Å²) >= 11 is 0. The molecule has 1 N–H and O–H groups in total. The first-order chi connectivity index (χ1) is 13.7. The highest BCUT2D eigenvalue weighted by atomic mass is 16.6. The summed E-state index contributed by atoms with van der Waals surface area (Å²) in [7, 11) is 0. The molecule has 8 heteroatoms. The molecule has 1 aromatic rings. The fourth-order valence-electron chi connectivity index (χ4n) is 2.46. The third-order valence-corrected chi connectivity index (χ3v) is 3.68. The maximum absolute atomic E-state index is 12.9. The van der Waals surface area contributed by atoms with Gasteiger partial charge in [-0.1, -0.05) is 37.3 Å². The van der Waals surface area contributed by atoms with Gasteiger partial charge in [0.05, 0.1) is 0 Å². The molecule has 0 aliphatic heterocycles. The third-order valence-electron chi connectivity index (χ3n) is 3.68. The number of nitrogens with zero attached hydrogens (tertiary/aromatic N) is 1. The number of nitrogens with one attached hydrogen (secondary N) is 1.